The number of imidazole rings is 1. The first-order valence-corrected chi connectivity index (χ1v) is 11.0. The summed E-state index contributed by atoms with van der Waals surface area (Å²) in [6, 6.07) is 2.33. The molecule has 3 aromatic rings. The van der Waals surface area contributed by atoms with E-state index in [2.05, 4.69) is 9.97 Å². The van der Waals surface area contributed by atoms with Gasteiger partial charge >= 0.3 is 5.97 Å². The molecule has 1 unspecified atom stereocenters. The van der Waals surface area contributed by atoms with Gasteiger partial charge in [-0.25, -0.2) is 9.36 Å². The Morgan fingerprint density at radius 2 is 2.12 bits per heavy atom. The van der Waals surface area contributed by atoms with E-state index in [1.165, 1.54) is 11.2 Å². The molecule has 0 spiro atoms. The monoisotopic (exact) mass is 466 g/mol. The van der Waals surface area contributed by atoms with Crippen LogP contribution < -0.4 is 9.67 Å². The molecule has 1 aliphatic rings. The molecule has 1 atom stereocenters. The highest BCUT2D eigenvalue weighted by molar-refractivity contribution is 6.46. The van der Waals surface area contributed by atoms with Gasteiger partial charge in [0.25, 0.3) is 5.91 Å². The number of rotatable bonds is 8. The van der Waals surface area contributed by atoms with Gasteiger partial charge in [0, 0.05) is 24.2 Å². The summed E-state index contributed by atoms with van der Waals surface area (Å²) in [4.78, 5) is 45.6. The second kappa shape index (κ2) is 9.42. The molecule has 178 valence electrons. The first-order chi connectivity index (χ1) is 16.3. The smallest absolute Gasteiger partial charge is 0.355 e. The Hall–Kier alpha value is -4.08. The van der Waals surface area contributed by atoms with Crippen molar-refractivity contribution < 1.29 is 33.2 Å². The van der Waals surface area contributed by atoms with Crippen molar-refractivity contribution in [2.75, 3.05) is 13.2 Å². The largest absolute Gasteiger partial charge is 0.872 e. The van der Waals surface area contributed by atoms with E-state index in [0.717, 1.165) is 0 Å². The van der Waals surface area contributed by atoms with Gasteiger partial charge in [-0.15, -0.1) is 0 Å². The Labute approximate surface area is 195 Å². The summed E-state index contributed by atoms with van der Waals surface area (Å²) in [6.07, 6.45) is 7.44. The molecule has 1 aliphatic heterocycles. The van der Waals surface area contributed by atoms with Crippen molar-refractivity contribution in [1.29, 1.82) is 0 Å². The van der Waals surface area contributed by atoms with Gasteiger partial charge in [0.2, 0.25) is 12.1 Å². The van der Waals surface area contributed by atoms with Crippen LogP contribution in [0.5, 0.6) is 0 Å². The molecule has 0 bridgehead atoms. The Morgan fingerprint density at radius 1 is 1.32 bits per heavy atom. The van der Waals surface area contributed by atoms with Crippen LogP contribution in [0.3, 0.4) is 0 Å². The molecular weight excluding hydrogens is 440 g/mol. The van der Waals surface area contributed by atoms with Gasteiger partial charge < -0.3 is 24.1 Å². The second-order valence-corrected chi connectivity index (χ2v) is 8.04. The average molecular weight is 466 g/mol. The molecule has 4 heterocycles. The number of carbonyl (C=O) groups excluding carboxylic acids is 3. The van der Waals surface area contributed by atoms with Crippen LogP contribution >= 0.6 is 0 Å². The average Bonchev–Trinajstić information content (AvgIpc) is 3.59. The number of hydrogen-bond acceptors (Lipinski definition) is 6. The minimum Gasteiger partial charge on any atom is -0.872 e. The summed E-state index contributed by atoms with van der Waals surface area (Å²) in [5.41, 5.74) is 0.929. The van der Waals surface area contributed by atoms with Gasteiger partial charge in [-0.3, -0.25) is 14.6 Å². The molecule has 1 amide bonds. The number of Topliss-reactive ketones (excluding diaryl/α,β-unsaturated/α-hetero) is 1. The Bertz CT molecular complexity index is 1240. The summed E-state index contributed by atoms with van der Waals surface area (Å²) in [5, 5.41) is 13.7. The predicted octanol–water partition coefficient (Wildman–Crippen LogP) is 1.33. The van der Waals surface area contributed by atoms with Crippen molar-refractivity contribution in [3.63, 3.8) is 0 Å². The molecule has 0 aromatic carbocycles. The molecule has 3 aromatic heterocycles. The van der Waals surface area contributed by atoms with Crippen molar-refractivity contribution in [2.45, 2.75) is 39.8 Å². The SMILES string of the molecule is CCOC(=O)c1[nH]c(C)c(C([O-])=C2C(=O)C(=O)N(CCC[n+]3cc[nH]c3)C2c2ccco2)c1C. The van der Waals surface area contributed by atoms with Gasteiger partial charge in [0.1, 0.15) is 29.9 Å². The number of nitrogens with zero attached hydrogens (tertiary/aromatic N) is 2. The first kappa shape index (κ1) is 23.1. The van der Waals surface area contributed by atoms with Crippen LogP contribution in [-0.4, -0.2) is 45.7 Å². The molecular formula is C24H26N4O6. The van der Waals surface area contributed by atoms with E-state index >= 15 is 0 Å². The van der Waals surface area contributed by atoms with Crippen LogP contribution in [0.4, 0.5) is 0 Å². The summed E-state index contributed by atoms with van der Waals surface area (Å²) >= 11 is 0. The maximum atomic E-state index is 13.7. The standard InChI is InChI=1S/C24H26N4O6/c1-4-33-24(32)19-14(2)17(15(3)26-19)21(29)18-20(16-7-5-12-34-16)28(23(31)22(18)30)10-6-9-27-11-8-25-13-27/h5,7-8,11-13,20H,4,6,9-10H2,1-3H3,(H2,26,29,30,32). The molecule has 0 saturated carbocycles. The zero-order chi connectivity index (χ0) is 24.4. The fourth-order valence-electron chi connectivity index (χ4n) is 4.36. The minimum absolute atomic E-state index is 0.148. The summed E-state index contributed by atoms with van der Waals surface area (Å²) in [6.45, 7) is 5.99. The third-order valence-electron chi connectivity index (χ3n) is 5.90. The van der Waals surface area contributed by atoms with E-state index in [0.29, 0.717) is 30.0 Å². The van der Waals surface area contributed by atoms with E-state index in [1.807, 2.05) is 10.8 Å². The van der Waals surface area contributed by atoms with E-state index in [4.69, 9.17) is 9.15 Å². The van der Waals surface area contributed by atoms with Crippen LogP contribution in [-0.2, 0) is 20.9 Å². The van der Waals surface area contributed by atoms with Gasteiger partial charge in [-0.1, -0.05) is 5.76 Å². The van der Waals surface area contributed by atoms with Gasteiger partial charge in [0.05, 0.1) is 19.4 Å². The van der Waals surface area contributed by atoms with Crippen LogP contribution in [0.25, 0.3) is 5.76 Å². The number of ether oxygens (including phenoxy) is 1. The van der Waals surface area contributed by atoms with Crippen molar-refractivity contribution in [1.82, 2.24) is 14.9 Å². The predicted molar refractivity (Wildman–Crippen MR) is 117 cm³/mol. The van der Waals surface area contributed by atoms with Crippen molar-refractivity contribution >= 4 is 23.4 Å². The Kier molecular flexibility index (Phi) is 6.40. The number of aryl methyl sites for hydroxylation is 2. The van der Waals surface area contributed by atoms with E-state index in [1.54, 1.807) is 45.4 Å². The van der Waals surface area contributed by atoms with Crippen LogP contribution in [0.15, 0.2) is 47.1 Å². The lowest BCUT2D eigenvalue weighted by molar-refractivity contribution is -0.695. The molecule has 4 rings (SSSR count). The van der Waals surface area contributed by atoms with Crippen LogP contribution in [0.2, 0.25) is 0 Å². The van der Waals surface area contributed by atoms with Gasteiger partial charge in [-0.2, -0.15) is 0 Å². The topological polar surface area (TPSA) is 135 Å². The molecule has 1 saturated heterocycles. The fourth-order valence-corrected chi connectivity index (χ4v) is 4.36. The number of ketones is 1. The summed E-state index contributed by atoms with van der Waals surface area (Å²) < 4.78 is 12.5. The highest BCUT2D eigenvalue weighted by Crippen LogP contribution is 2.40. The quantitative estimate of drug-likeness (QED) is 0.169. The summed E-state index contributed by atoms with van der Waals surface area (Å²) in [7, 11) is 0. The molecule has 1 fully saturated rings. The number of carbonyl (C=O) groups is 3. The number of hydrogen-bond donors (Lipinski definition) is 2. The molecule has 0 radical (unpaired) electrons. The molecule has 34 heavy (non-hydrogen) atoms. The van der Waals surface area contributed by atoms with E-state index in [9.17, 15) is 19.5 Å². The second-order valence-electron chi connectivity index (χ2n) is 8.04. The highest BCUT2D eigenvalue weighted by Gasteiger charge is 2.45. The molecule has 0 aliphatic carbocycles. The van der Waals surface area contributed by atoms with Gasteiger partial charge in [0.15, 0.2) is 0 Å². The van der Waals surface area contributed by atoms with Crippen LogP contribution in [0.1, 0.15) is 52.5 Å². The lowest BCUT2D eigenvalue weighted by Crippen LogP contribution is -2.36. The lowest BCUT2D eigenvalue weighted by Gasteiger charge is -2.25. The highest BCUT2D eigenvalue weighted by atomic mass is 16.5. The number of H-pyrrole nitrogens is 2. The first-order valence-electron chi connectivity index (χ1n) is 11.0. The van der Waals surface area contributed by atoms with Crippen molar-refractivity contribution in [3.05, 3.63) is 71.0 Å². The number of aromatic amines is 2. The lowest BCUT2D eigenvalue weighted by atomic mass is 9.97. The number of likely N-dealkylation sites (tertiary alicyclic amines) is 1. The van der Waals surface area contributed by atoms with Crippen LogP contribution in [0, 0.1) is 13.8 Å². The normalized spacial score (nSPS) is 17.5. The van der Waals surface area contributed by atoms with Crippen molar-refractivity contribution in [3.8, 4) is 0 Å². The minimum atomic E-state index is -0.946. The summed E-state index contributed by atoms with van der Waals surface area (Å²) in [5.74, 6) is -2.48. The van der Waals surface area contributed by atoms with Crippen molar-refractivity contribution in [2.24, 2.45) is 0 Å². The maximum Gasteiger partial charge on any atom is 0.355 e. The zero-order valence-electron chi connectivity index (χ0n) is 19.2. The maximum absolute atomic E-state index is 13.7. The number of furan rings is 1. The Balaban J connectivity index is 1.74. The van der Waals surface area contributed by atoms with Gasteiger partial charge in [-0.05, 0) is 44.0 Å². The molecule has 10 heteroatoms. The third-order valence-corrected chi connectivity index (χ3v) is 5.90. The number of nitrogens with one attached hydrogen (secondary N) is 2. The third kappa shape index (κ3) is 4.02. The Morgan fingerprint density at radius 3 is 2.76 bits per heavy atom. The molecule has 10 nitrogen and oxygen atoms in total. The number of aromatic nitrogens is 3. The van der Waals surface area contributed by atoms with E-state index < -0.39 is 29.5 Å². The number of esters is 1. The fraction of sp³-hybridized carbons (Fsp3) is 0.333. The number of amides is 1. The molecule has 2 N–H and O–H groups in total. The van der Waals surface area contributed by atoms with E-state index in [-0.39, 0.29) is 30.0 Å². The zero-order valence-corrected chi connectivity index (χ0v) is 19.2.